The van der Waals surface area contributed by atoms with Gasteiger partial charge in [0.15, 0.2) is 0 Å². The second-order valence-corrected chi connectivity index (χ2v) is 12.8. The van der Waals surface area contributed by atoms with E-state index >= 15 is 0 Å². The third-order valence-corrected chi connectivity index (χ3v) is 8.22. The smallest absolute Gasteiger partial charge is 0.204 e. The van der Waals surface area contributed by atoms with Crippen molar-refractivity contribution >= 4 is 9.04 Å². The first-order chi connectivity index (χ1) is 12.6. The van der Waals surface area contributed by atoms with Gasteiger partial charge in [-0.2, -0.15) is 0 Å². The molecule has 2 fully saturated rings. The molecule has 3 nitrogen and oxygen atoms in total. The maximum atomic E-state index is 11.4. The van der Waals surface area contributed by atoms with Crippen LogP contribution in [0.3, 0.4) is 0 Å². The van der Waals surface area contributed by atoms with Crippen LogP contribution in [-0.2, 0) is 10.8 Å². The van der Waals surface area contributed by atoms with Gasteiger partial charge in [0.1, 0.15) is 0 Å². The number of hydrogen-bond donors (Lipinski definition) is 1. The van der Waals surface area contributed by atoms with Gasteiger partial charge >= 0.3 is 0 Å². The Morgan fingerprint density at radius 2 is 1.89 bits per heavy atom. The summed E-state index contributed by atoms with van der Waals surface area (Å²) in [6, 6.07) is 1.99. The van der Waals surface area contributed by atoms with E-state index in [1.165, 1.54) is 25.7 Å². The average molecular weight is 392 g/mol. The van der Waals surface area contributed by atoms with E-state index in [-0.39, 0.29) is 0 Å². The molecular weight excluding hydrogens is 352 g/mol. The minimum atomic E-state index is -0.704. The minimum Gasteiger partial charge on any atom is -0.472 e. The Labute approximate surface area is 167 Å². The molecular formula is C23H39O3Si. The van der Waals surface area contributed by atoms with Gasteiger partial charge < -0.3 is 13.9 Å². The van der Waals surface area contributed by atoms with Crippen LogP contribution in [0.25, 0.3) is 0 Å². The number of rotatable bonds is 5. The first kappa shape index (κ1) is 21.1. The van der Waals surface area contributed by atoms with Crippen molar-refractivity contribution in [1.82, 2.24) is 0 Å². The predicted molar refractivity (Wildman–Crippen MR) is 112 cm³/mol. The van der Waals surface area contributed by atoms with Gasteiger partial charge in [0.05, 0.1) is 18.1 Å². The second-order valence-electron chi connectivity index (χ2n) is 10.7. The average Bonchev–Trinajstić information content (AvgIpc) is 3.08. The van der Waals surface area contributed by atoms with E-state index in [4.69, 9.17) is 8.84 Å². The molecule has 2 atom stereocenters. The highest BCUT2D eigenvalue weighted by Gasteiger charge is 2.50. The van der Waals surface area contributed by atoms with Crippen LogP contribution in [0, 0.1) is 22.7 Å². The van der Waals surface area contributed by atoms with E-state index in [1.54, 1.807) is 12.5 Å². The topological polar surface area (TPSA) is 42.6 Å². The molecule has 0 amide bonds. The van der Waals surface area contributed by atoms with Crippen molar-refractivity contribution in [2.45, 2.75) is 90.8 Å². The Balaban J connectivity index is 1.72. The molecule has 4 heteroatoms. The molecule has 2 saturated carbocycles. The molecule has 27 heavy (non-hydrogen) atoms. The van der Waals surface area contributed by atoms with Crippen LogP contribution in [0.4, 0.5) is 0 Å². The highest BCUT2D eigenvalue weighted by Crippen LogP contribution is 2.56. The van der Waals surface area contributed by atoms with Crippen molar-refractivity contribution in [3.63, 3.8) is 0 Å². The first-order valence-electron chi connectivity index (χ1n) is 10.8. The lowest BCUT2D eigenvalue weighted by atomic mass is 9.53. The van der Waals surface area contributed by atoms with E-state index in [0.29, 0.717) is 23.2 Å². The minimum absolute atomic E-state index is 0.377. The number of furan rings is 1. The van der Waals surface area contributed by atoms with Gasteiger partial charge in [-0.1, -0.05) is 20.8 Å². The van der Waals surface area contributed by atoms with E-state index in [2.05, 4.69) is 33.9 Å². The van der Waals surface area contributed by atoms with Crippen molar-refractivity contribution in [1.29, 1.82) is 0 Å². The van der Waals surface area contributed by atoms with Crippen LogP contribution < -0.4 is 0 Å². The normalized spacial score (nSPS) is 35.1. The van der Waals surface area contributed by atoms with Crippen LogP contribution in [-0.4, -0.2) is 26.4 Å². The maximum absolute atomic E-state index is 11.4. The Hall–Kier alpha value is -0.583. The highest BCUT2D eigenvalue weighted by molar-refractivity contribution is 6.48. The maximum Gasteiger partial charge on any atom is 0.204 e. The molecule has 1 aromatic heterocycles. The van der Waals surface area contributed by atoms with Crippen molar-refractivity contribution in [3.05, 3.63) is 24.2 Å². The summed E-state index contributed by atoms with van der Waals surface area (Å²) in [6.07, 6.45) is 12.4. The monoisotopic (exact) mass is 391 g/mol. The molecule has 153 valence electrons. The Kier molecular flexibility index (Phi) is 6.29. The lowest BCUT2D eigenvalue weighted by Crippen LogP contribution is -2.50. The van der Waals surface area contributed by atoms with Crippen molar-refractivity contribution < 1.29 is 13.9 Å². The van der Waals surface area contributed by atoms with Gasteiger partial charge in [0, 0.05) is 13.0 Å². The number of hydrogen-bond acceptors (Lipinski definition) is 3. The molecule has 0 bridgehead atoms. The van der Waals surface area contributed by atoms with Gasteiger partial charge in [-0.15, -0.1) is 0 Å². The fourth-order valence-corrected chi connectivity index (χ4v) is 6.15. The van der Waals surface area contributed by atoms with E-state index in [9.17, 15) is 5.11 Å². The molecule has 1 aromatic rings. The van der Waals surface area contributed by atoms with E-state index < -0.39 is 14.6 Å². The van der Waals surface area contributed by atoms with Crippen molar-refractivity contribution in [2.24, 2.45) is 22.7 Å². The molecule has 0 saturated heterocycles. The summed E-state index contributed by atoms with van der Waals surface area (Å²) in [5, 5.41) is 11.4. The first-order valence-corrected chi connectivity index (χ1v) is 13.2. The van der Waals surface area contributed by atoms with Crippen LogP contribution in [0.5, 0.6) is 0 Å². The zero-order valence-corrected chi connectivity index (χ0v) is 19.0. The molecule has 2 unspecified atom stereocenters. The largest absolute Gasteiger partial charge is 0.472 e. The molecule has 1 spiro atoms. The zero-order valence-electron chi connectivity index (χ0n) is 18.0. The molecule has 0 aromatic carbocycles. The standard InChI is InChI=1S/C23H39O3Si/c1-21(2,3)19-6-9-22(10-7-19)11-12-23(24,14-18-8-13-25-16-18)15-20(22)17-26-27(4)5/h8,13,16,19-20,24H,6-7,9-12,14-15,17H2,1-5H3. The third-order valence-electron chi connectivity index (χ3n) is 7.47. The van der Waals surface area contributed by atoms with E-state index in [1.807, 2.05) is 6.07 Å². The molecule has 1 heterocycles. The summed E-state index contributed by atoms with van der Waals surface area (Å²) in [7, 11) is -0.704. The number of aliphatic hydroxyl groups is 1. The summed E-state index contributed by atoms with van der Waals surface area (Å²) in [5.41, 5.74) is 1.29. The third kappa shape index (κ3) is 5.07. The summed E-state index contributed by atoms with van der Waals surface area (Å²) >= 11 is 0. The Morgan fingerprint density at radius 3 is 2.44 bits per heavy atom. The van der Waals surface area contributed by atoms with Gasteiger partial charge in [-0.25, -0.2) is 0 Å². The van der Waals surface area contributed by atoms with Crippen molar-refractivity contribution in [2.75, 3.05) is 6.61 Å². The molecule has 0 aliphatic heterocycles. The highest BCUT2D eigenvalue weighted by atomic mass is 28.3. The van der Waals surface area contributed by atoms with E-state index in [0.717, 1.165) is 37.4 Å². The summed E-state index contributed by atoms with van der Waals surface area (Å²) in [6.45, 7) is 12.4. The van der Waals surface area contributed by atoms with Crippen LogP contribution in [0.1, 0.15) is 71.3 Å². The second kappa shape index (κ2) is 8.04. The Bertz CT molecular complexity index is 581. The fourth-order valence-electron chi connectivity index (χ4n) is 5.62. The van der Waals surface area contributed by atoms with Crippen LogP contribution in [0.15, 0.2) is 23.0 Å². The zero-order chi connectivity index (χ0) is 19.7. The Morgan fingerprint density at radius 1 is 1.19 bits per heavy atom. The van der Waals surface area contributed by atoms with Gasteiger partial charge in [-0.05, 0) is 92.3 Å². The van der Waals surface area contributed by atoms with Crippen molar-refractivity contribution in [3.8, 4) is 0 Å². The summed E-state index contributed by atoms with van der Waals surface area (Å²) < 4.78 is 11.4. The predicted octanol–water partition coefficient (Wildman–Crippen LogP) is 5.84. The summed E-state index contributed by atoms with van der Waals surface area (Å²) in [4.78, 5) is 0. The van der Waals surface area contributed by atoms with Gasteiger partial charge in [-0.3, -0.25) is 0 Å². The van der Waals surface area contributed by atoms with Gasteiger partial charge in [0.2, 0.25) is 9.04 Å². The lowest BCUT2D eigenvalue weighted by molar-refractivity contribution is -0.101. The van der Waals surface area contributed by atoms with Gasteiger partial charge in [0.25, 0.3) is 0 Å². The molecule has 1 N–H and O–H groups in total. The molecule has 2 aliphatic rings. The van der Waals surface area contributed by atoms with Crippen LogP contribution >= 0.6 is 0 Å². The van der Waals surface area contributed by atoms with Crippen LogP contribution in [0.2, 0.25) is 13.1 Å². The summed E-state index contributed by atoms with van der Waals surface area (Å²) in [5.74, 6) is 1.30. The quantitative estimate of drug-likeness (QED) is 0.641. The molecule has 2 aliphatic carbocycles. The SMILES string of the molecule is C[Si](C)OCC1CC(O)(Cc2ccoc2)CCC12CCC(C(C)(C)C)CC2. The molecule has 1 radical (unpaired) electrons. The lowest BCUT2D eigenvalue weighted by Gasteiger charge is -2.54. The fraction of sp³-hybridized carbons (Fsp3) is 0.826. The molecule has 3 rings (SSSR count).